The normalized spacial score (nSPS) is 10.2. The van der Waals surface area contributed by atoms with Gasteiger partial charge in [0.2, 0.25) is 0 Å². The van der Waals surface area contributed by atoms with Crippen LogP contribution in [0.15, 0.2) is 18.5 Å². The number of hydrogen-bond donors (Lipinski definition) is 1. The molecular formula is C11H15IN2O2. The molecule has 1 heterocycles. The number of nitrogens with zero attached hydrogens (tertiary/aromatic N) is 2. The van der Waals surface area contributed by atoms with E-state index in [0.717, 1.165) is 9.99 Å². The molecule has 0 atom stereocenters. The third-order valence-corrected chi connectivity index (χ3v) is 2.69. The third-order valence-electron chi connectivity index (χ3n) is 2.10. The minimum atomic E-state index is -0.0677. The van der Waals surface area contributed by atoms with Crippen LogP contribution in [0.25, 0.3) is 0 Å². The van der Waals surface area contributed by atoms with Crippen molar-refractivity contribution in [3.8, 4) is 0 Å². The van der Waals surface area contributed by atoms with E-state index in [-0.39, 0.29) is 12.5 Å². The summed E-state index contributed by atoms with van der Waals surface area (Å²) in [5, 5.41) is 8.90. The summed E-state index contributed by atoms with van der Waals surface area (Å²) in [6, 6.07) is 1.80. The van der Waals surface area contributed by atoms with Crippen molar-refractivity contribution in [2.24, 2.45) is 0 Å². The molecule has 0 fully saturated rings. The van der Waals surface area contributed by atoms with Crippen LogP contribution in [0.4, 0.5) is 0 Å². The van der Waals surface area contributed by atoms with Gasteiger partial charge in [0.1, 0.15) is 0 Å². The zero-order valence-corrected chi connectivity index (χ0v) is 11.3. The Labute approximate surface area is 109 Å². The maximum absolute atomic E-state index is 12.0. The molecule has 1 amide bonds. The van der Waals surface area contributed by atoms with Crippen LogP contribution in [-0.2, 0) is 0 Å². The summed E-state index contributed by atoms with van der Waals surface area (Å²) in [5.41, 5.74) is 0.578. The van der Waals surface area contributed by atoms with Gasteiger partial charge >= 0.3 is 0 Å². The number of aliphatic hydroxyl groups is 1. The maximum atomic E-state index is 12.0. The van der Waals surface area contributed by atoms with Gasteiger partial charge in [-0.25, -0.2) is 0 Å². The molecule has 0 spiro atoms. The lowest BCUT2D eigenvalue weighted by molar-refractivity contribution is 0.0721. The number of amides is 1. The molecule has 0 radical (unpaired) electrons. The lowest BCUT2D eigenvalue weighted by Gasteiger charge is -2.20. The van der Waals surface area contributed by atoms with Crippen LogP contribution in [0.2, 0.25) is 0 Å². The van der Waals surface area contributed by atoms with E-state index in [1.54, 1.807) is 23.4 Å². The average Bonchev–Trinajstić information content (AvgIpc) is 2.28. The first-order chi connectivity index (χ1) is 7.69. The van der Waals surface area contributed by atoms with E-state index in [1.165, 1.54) is 0 Å². The quantitative estimate of drug-likeness (QED) is 0.831. The van der Waals surface area contributed by atoms with Crippen LogP contribution in [0.5, 0.6) is 0 Å². The molecule has 0 aromatic carbocycles. The van der Waals surface area contributed by atoms with Crippen LogP contribution in [-0.4, -0.2) is 40.6 Å². The summed E-state index contributed by atoms with van der Waals surface area (Å²) in [6.45, 7) is 3.02. The molecule has 0 saturated carbocycles. The van der Waals surface area contributed by atoms with Gasteiger partial charge in [0, 0.05) is 29.1 Å². The Morgan fingerprint density at radius 1 is 1.50 bits per heavy atom. The Morgan fingerprint density at radius 3 is 2.81 bits per heavy atom. The molecule has 88 valence electrons. The average molecular weight is 334 g/mol. The van der Waals surface area contributed by atoms with E-state index >= 15 is 0 Å². The largest absolute Gasteiger partial charge is 0.395 e. The second-order valence-electron chi connectivity index (χ2n) is 3.41. The molecule has 0 aliphatic heterocycles. The van der Waals surface area contributed by atoms with Crippen LogP contribution < -0.4 is 0 Å². The summed E-state index contributed by atoms with van der Waals surface area (Å²) < 4.78 is 0.934. The van der Waals surface area contributed by atoms with Crippen molar-refractivity contribution in [3.05, 3.63) is 27.6 Å². The molecule has 1 aromatic heterocycles. The van der Waals surface area contributed by atoms with Crippen LogP contribution in [0, 0.1) is 3.57 Å². The fourth-order valence-electron chi connectivity index (χ4n) is 1.42. The first kappa shape index (κ1) is 13.4. The van der Waals surface area contributed by atoms with E-state index in [4.69, 9.17) is 5.11 Å². The summed E-state index contributed by atoms with van der Waals surface area (Å²) in [7, 11) is 0. The van der Waals surface area contributed by atoms with Crippen molar-refractivity contribution in [2.45, 2.75) is 13.3 Å². The first-order valence-corrected chi connectivity index (χ1v) is 6.27. The highest BCUT2D eigenvalue weighted by Gasteiger charge is 2.14. The summed E-state index contributed by atoms with van der Waals surface area (Å²) in [5.74, 6) is -0.0677. The van der Waals surface area contributed by atoms with Crippen molar-refractivity contribution in [2.75, 3.05) is 19.7 Å². The van der Waals surface area contributed by atoms with Crippen LogP contribution in [0.3, 0.4) is 0 Å². The highest BCUT2D eigenvalue weighted by Crippen LogP contribution is 2.08. The highest BCUT2D eigenvalue weighted by atomic mass is 127. The fourth-order valence-corrected chi connectivity index (χ4v) is 1.91. The lowest BCUT2D eigenvalue weighted by Crippen LogP contribution is -2.34. The topological polar surface area (TPSA) is 53.4 Å². The zero-order chi connectivity index (χ0) is 12.0. The van der Waals surface area contributed by atoms with Gasteiger partial charge < -0.3 is 10.0 Å². The SMILES string of the molecule is CCCN(CCO)C(=O)c1cncc(I)c1. The predicted octanol–water partition coefficient (Wildman–Crippen LogP) is 1.53. The molecule has 1 N–H and O–H groups in total. The van der Waals surface area contributed by atoms with Crippen molar-refractivity contribution in [1.29, 1.82) is 0 Å². The molecule has 0 aliphatic carbocycles. The van der Waals surface area contributed by atoms with Gasteiger partial charge in [0.15, 0.2) is 0 Å². The Kier molecular flexibility index (Phi) is 5.68. The van der Waals surface area contributed by atoms with Gasteiger partial charge in [0.05, 0.1) is 12.2 Å². The third kappa shape index (κ3) is 3.71. The van der Waals surface area contributed by atoms with Gasteiger partial charge in [-0.05, 0) is 35.1 Å². The molecule has 16 heavy (non-hydrogen) atoms. The van der Waals surface area contributed by atoms with E-state index in [1.807, 2.05) is 6.92 Å². The van der Waals surface area contributed by atoms with E-state index in [9.17, 15) is 4.79 Å². The monoisotopic (exact) mass is 334 g/mol. The molecule has 1 rings (SSSR count). The van der Waals surface area contributed by atoms with E-state index in [2.05, 4.69) is 27.6 Å². The minimum absolute atomic E-state index is 0.0108. The van der Waals surface area contributed by atoms with Crippen LogP contribution >= 0.6 is 22.6 Å². The number of rotatable bonds is 5. The van der Waals surface area contributed by atoms with E-state index in [0.29, 0.717) is 18.7 Å². The Morgan fingerprint density at radius 2 is 2.25 bits per heavy atom. The Hall–Kier alpha value is -0.690. The minimum Gasteiger partial charge on any atom is -0.395 e. The standard InChI is InChI=1S/C11H15IN2O2/c1-2-3-14(4-5-15)11(16)9-6-10(12)8-13-7-9/h6-8,15H,2-5H2,1H3. The molecule has 0 unspecified atom stereocenters. The molecule has 0 bridgehead atoms. The van der Waals surface area contributed by atoms with Crippen molar-refractivity contribution in [1.82, 2.24) is 9.88 Å². The van der Waals surface area contributed by atoms with Gasteiger partial charge in [-0.3, -0.25) is 9.78 Å². The van der Waals surface area contributed by atoms with Gasteiger partial charge in [-0.2, -0.15) is 0 Å². The van der Waals surface area contributed by atoms with Gasteiger partial charge in [-0.1, -0.05) is 6.92 Å². The Balaban J connectivity index is 2.81. The van der Waals surface area contributed by atoms with Crippen molar-refractivity contribution in [3.63, 3.8) is 0 Å². The molecular weight excluding hydrogens is 319 g/mol. The zero-order valence-electron chi connectivity index (χ0n) is 9.19. The Bertz CT molecular complexity index is 352. The highest BCUT2D eigenvalue weighted by molar-refractivity contribution is 14.1. The number of carbonyl (C=O) groups is 1. The molecule has 0 saturated heterocycles. The number of aliphatic hydroxyl groups excluding tert-OH is 1. The second-order valence-corrected chi connectivity index (χ2v) is 4.65. The molecule has 0 aliphatic rings. The maximum Gasteiger partial charge on any atom is 0.255 e. The number of pyridine rings is 1. The summed E-state index contributed by atoms with van der Waals surface area (Å²) in [4.78, 5) is 17.7. The van der Waals surface area contributed by atoms with E-state index < -0.39 is 0 Å². The van der Waals surface area contributed by atoms with Crippen molar-refractivity contribution >= 4 is 28.5 Å². The number of halogens is 1. The smallest absolute Gasteiger partial charge is 0.255 e. The van der Waals surface area contributed by atoms with Crippen LogP contribution in [0.1, 0.15) is 23.7 Å². The van der Waals surface area contributed by atoms with Crippen molar-refractivity contribution < 1.29 is 9.90 Å². The number of carbonyl (C=O) groups excluding carboxylic acids is 1. The first-order valence-electron chi connectivity index (χ1n) is 5.19. The summed E-state index contributed by atoms with van der Waals surface area (Å²) in [6.07, 6.45) is 4.14. The van der Waals surface area contributed by atoms with Gasteiger partial charge in [-0.15, -0.1) is 0 Å². The molecule has 5 heteroatoms. The second kappa shape index (κ2) is 6.80. The predicted molar refractivity (Wildman–Crippen MR) is 70.2 cm³/mol. The lowest BCUT2D eigenvalue weighted by atomic mass is 10.2. The summed E-state index contributed by atoms with van der Waals surface area (Å²) >= 11 is 2.12. The van der Waals surface area contributed by atoms with Gasteiger partial charge in [0.25, 0.3) is 5.91 Å². The number of aromatic nitrogens is 1. The number of hydrogen-bond acceptors (Lipinski definition) is 3. The molecule has 1 aromatic rings. The fraction of sp³-hybridized carbons (Fsp3) is 0.455. The molecule has 4 nitrogen and oxygen atoms in total.